The van der Waals surface area contributed by atoms with E-state index in [1.807, 2.05) is 4.90 Å². The molecule has 7 heteroatoms. The number of ether oxygens (including phenoxy) is 1. The van der Waals surface area contributed by atoms with Gasteiger partial charge in [0.05, 0.1) is 17.6 Å². The van der Waals surface area contributed by atoms with Crippen LogP contribution >= 0.6 is 22.9 Å². The zero-order valence-electron chi connectivity index (χ0n) is 17.0. The first kappa shape index (κ1) is 20.5. The number of aliphatic hydroxyl groups excluding tert-OH is 1. The van der Waals surface area contributed by atoms with Crippen LogP contribution in [-0.2, 0) is 34.7 Å². The summed E-state index contributed by atoms with van der Waals surface area (Å²) in [6, 6.07) is 8.44. The number of amides is 1. The highest BCUT2D eigenvalue weighted by molar-refractivity contribution is 7.16. The molecule has 0 saturated carbocycles. The maximum atomic E-state index is 11.9. The number of fused-ring (bicyclic) bond motifs is 2. The number of thiophene rings is 1. The maximum absolute atomic E-state index is 11.9. The highest BCUT2D eigenvalue weighted by Gasteiger charge is 2.43. The van der Waals surface area contributed by atoms with Crippen molar-refractivity contribution in [1.29, 1.82) is 0 Å². The number of rotatable bonds is 4. The summed E-state index contributed by atoms with van der Waals surface area (Å²) in [7, 11) is 0. The standard InChI is InChI=1S/C23H27ClN2O3S/c24-22-19(15-27)18-7-13-29-23(21(18)30-22)8-11-25(12-9-23)14-16-3-5-17(6-4-16)26-10-1-2-20(26)28/h3-6,27H,1-2,7-15H2. The van der Waals surface area contributed by atoms with Gasteiger partial charge in [0.15, 0.2) is 0 Å². The molecule has 1 aromatic heterocycles. The van der Waals surface area contributed by atoms with E-state index >= 15 is 0 Å². The van der Waals surface area contributed by atoms with Crippen LogP contribution in [0.3, 0.4) is 0 Å². The first-order valence-electron chi connectivity index (χ1n) is 10.8. The summed E-state index contributed by atoms with van der Waals surface area (Å²) >= 11 is 8.01. The van der Waals surface area contributed by atoms with Crippen molar-refractivity contribution in [2.45, 2.75) is 50.9 Å². The molecule has 2 saturated heterocycles. The molecular weight excluding hydrogens is 420 g/mol. The molecule has 0 unspecified atom stereocenters. The number of hydrogen-bond donors (Lipinski definition) is 1. The third-order valence-electron chi connectivity index (χ3n) is 6.76. The summed E-state index contributed by atoms with van der Waals surface area (Å²) in [5.74, 6) is 0.231. The largest absolute Gasteiger partial charge is 0.392 e. The minimum Gasteiger partial charge on any atom is -0.392 e. The predicted octanol–water partition coefficient (Wildman–Crippen LogP) is 4.08. The van der Waals surface area contributed by atoms with Crippen molar-refractivity contribution >= 4 is 34.5 Å². The van der Waals surface area contributed by atoms with Crippen molar-refractivity contribution in [3.8, 4) is 0 Å². The van der Waals surface area contributed by atoms with Crippen LogP contribution in [0, 0.1) is 0 Å². The van der Waals surface area contributed by atoms with Crippen LogP contribution in [0.2, 0.25) is 4.34 Å². The smallest absolute Gasteiger partial charge is 0.227 e. The summed E-state index contributed by atoms with van der Waals surface area (Å²) in [6.45, 7) is 4.38. The monoisotopic (exact) mass is 446 g/mol. The molecule has 0 atom stereocenters. The Labute approximate surface area is 186 Å². The maximum Gasteiger partial charge on any atom is 0.227 e. The van der Waals surface area contributed by atoms with Gasteiger partial charge in [-0.05, 0) is 48.9 Å². The number of aliphatic hydroxyl groups is 1. The van der Waals surface area contributed by atoms with Gasteiger partial charge in [-0.3, -0.25) is 9.69 Å². The van der Waals surface area contributed by atoms with Gasteiger partial charge < -0.3 is 14.7 Å². The third-order valence-corrected chi connectivity index (χ3v) is 8.47. The Kier molecular flexibility index (Phi) is 5.62. The summed E-state index contributed by atoms with van der Waals surface area (Å²) < 4.78 is 7.05. The molecular formula is C23H27ClN2O3S. The van der Waals surface area contributed by atoms with Crippen LogP contribution in [0.25, 0.3) is 0 Å². The lowest BCUT2D eigenvalue weighted by Crippen LogP contribution is -2.45. The van der Waals surface area contributed by atoms with Gasteiger partial charge >= 0.3 is 0 Å². The van der Waals surface area contributed by atoms with E-state index < -0.39 is 0 Å². The van der Waals surface area contributed by atoms with E-state index in [2.05, 4.69) is 29.2 Å². The molecule has 1 amide bonds. The van der Waals surface area contributed by atoms with Gasteiger partial charge in [-0.25, -0.2) is 0 Å². The van der Waals surface area contributed by atoms with Gasteiger partial charge in [0.25, 0.3) is 0 Å². The molecule has 30 heavy (non-hydrogen) atoms. The van der Waals surface area contributed by atoms with Crippen molar-refractivity contribution < 1.29 is 14.6 Å². The second kappa shape index (κ2) is 8.24. The number of halogens is 1. The second-order valence-electron chi connectivity index (χ2n) is 8.50. The van der Waals surface area contributed by atoms with Crippen LogP contribution in [0.1, 0.15) is 47.3 Å². The van der Waals surface area contributed by atoms with Gasteiger partial charge in [0, 0.05) is 48.7 Å². The van der Waals surface area contributed by atoms with Crippen molar-refractivity contribution in [3.05, 3.63) is 50.2 Å². The minimum absolute atomic E-state index is 0.00585. The van der Waals surface area contributed by atoms with E-state index in [-0.39, 0.29) is 18.1 Å². The number of piperidine rings is 1. The lowest BCUT2D eigenvalue weighted by atomic mass is 9.84. The highest BCUT2D eigenvalue weighted by Crippen LogP contribution is 2.48. The summed E-state index contributed by atoms with van der Waals surface area (Å²) in [4.78, 5) is 17.5. The van der Waals surface area contributed by atoms with Gasteiger partial charge in [-0.1, -0.05) is 23.7 Å². The Balaban J connectivity index is 1.25. The molecule has 0 aliphatic carbocycles. The molecule has 0 radical (unpaired) electrons. The van der Waals surface area contributed by atoms with E-state index in [4.69, 9.17) is 16.3 Å². The molecule has 5 nitrogen and oxygen atoms in total. The zero-order chi connectivity index (χ0) is 20.7. The number of nitrogens with zero attached hydrogens (tertiary/aromatic N) is 2. The molecule has 1 spiro atoms. The Hall–Kier alpha value is -1.44. The Morgan fingerprint density at radius 1 is 1.13 bits per heavy atom. The first-order chi connectivity index (χ1) is 14.6. The summed E-state index contributed by atoms with van der Waals surface area (Å²) in [6.07, 6.45) is 4.35. The summed E-state index contributed by atoms with van der Waals surface area (Å²) in [5, 5.41) is 9.71. The molecule has 0 bridgehead atoms. The SMILES string of the molecule is O=C1CCCN1c1ccc(CN2CCC3(CC2)OCCc2c3sc(Cl)c2CO)cc1. The molecule has 3 aliphatic rings. The fourth-order valence-electron chi connectivity index (χ4n) is 5.08. The van der Waals surface area contributed by atoms with E-state index in [1.165, 1.54) is 16.0 Å². The predicted molar refractivity (Wildman–Crippen MR) is 119 cm³/mol. The van der Waals surface area contributed by atoms with Crippen LogP contribution in [0.5, 0.6) is 0 Å². The average Bonchev–Trinajstić information content (AvgIpc) is 3.33. The Bertz CT molecular complexity index is 935. The first-order valence-corrected chi connectivity index (χ1v) is 12.0. The van der Waals surface area contributed by atoms with Crippen molar-refractivity contribution in [2.75, 3.05) is 31.1 Å². The number of carbonyl (C=O) groups is 1. The Morgan fingerprint density at radius 2 is 1.90 bits per heavy atom. The summed E-state index contributed by atoms with van der Waals surface area (Å²) in [5.41, 5.74) is 4.16. The molecule has 5 rings (SSSR count). The van der Waals surface area contributed by atoms with Crippen LogP contribution in [0.15, 0.2) is 24.3 Å². The number of likely N-dealkylation sites (tertiary alicyclic amines) is 1. The number of benzene rings is 1. The third kappa shape index (κ3) is 3.59. The molecule has 2 fully saturated rings. The number of hydrogen-bond acceptors (Lipinski definition) is 5. The number of carbonyl (C=O) groups excluding carboxylic acids is 1. The van der Waals surface area contributed by atoms with Gasteiger partial charge in [-0.15, -0.1) is 11.3 Å². The van der Waals surface area contributed by atoms with Crippen LogP contribution in [-0.4, -0.2) is 42.2 Å². The number of anilines is 1. The van der Waals surface area contributed by atoms with Crippen molar-refractivity contribution in [2.24, 2.45) is 0 Å². The fraction of sp³-hybridized carbons (Fsp3) is 0.522. The second-order valence-corrected chi connectivity index (χ2v) is 10.1. The fourth-order valence-corrected chi connectivity index (χ4v) is 6.77. The van der Waals surface area contributed by atoms with E-state index in [0.717, 1.165) is 63.1 Å². The lowest BCUT2D eigenvalue weighted by molar-refractivity contribution is -0.117. The van der Waals surface area contributed by atoms with Crippen LogP contribution in [0.4, 0.5) is 5.69 Å². The minimum atomic E-state index is -0.244. The molecule has 3 aliphatic heterocycles. The lowest BCUT2D eigenvalue weighted by Gasteiger charge is -2.44. The molecule has 1 aromatic carbocycles. The highest BCUT2D eigenvalue weighted by atomic mass is 35.5. The van der Waals surface area contributed by atoms with Gasteiger partial charge in [0.1, 0.15) is 5.60 Å². The normalized spacial score (nSPS) is 21.4. The van der Waals surface area contributed by atoms with Crippen LogP contribution < -0.4 is 4.90 Å². The Morgan fingerprint density at radius 3 is 2.57 bits per heavy atom. The topological polar surface area (TPSA) is 53.0 Å². The quantitative estimate of drug-likeness (QED) is 0.768. The van der Waals surface area contributed by atoms with Crippen molar-refractivity contribution in [3.63, 3.8) is 0 Å². The average molecular weight is 447 g/mol. The molecule has 1 N–H and O–H groups in total. The van der Waals surface area contributed by atoms with E-state index in [0.29, 0.717) is 17.4 Å². The zero-order valence-corrected chi connectivity index (χ0v) is 18.6. The van der Waals surface area contributed by atoms with E-state index in [9.17, 15) is 9.90 Å². The molecule has 2 aromatic rings. The molecule has 160 valence electrons. The molecule has 4 heterocycles. The van der Waals surface area contributed by atoms with Gasteiger partial charge in [0.2, 0.25) is 5.91 Å². The van der Waals surface area contributed by atoms with Gasteiger partial charge in [-0.2, -0.15) is 0 Å². The van der Waals surface area contributed by atoms with Crippen molar-refractivity contribution in [1.82, 2.24) is 4.90 Å². The van der Waals surface area contributed by atoms with E-state index in [1.54, 1.807) is 11.3 Å².